The lowest BCUT2D eigenvalue weighted by Gasteiger charge is -2.07. The Bertz CT molecular complexity index is 1040. The predicted molar refractivity (Wildman–Crippen MR) is 77.3 cm³/mol. The summed E-state index contributed by atoms with van der Waals surface area (Å²) in [6.45, 7) is 0. The van der Waals surface area contributed by atoms with Gasteiger partial charge >= 0.3 is 0 Å². The summed E-state index contributed by atoms with van der Waals surface area (Å²) < 4.78 is 0. The Morgan fingerprint density at radius 2 is 1.65 bits per heavy atom. The highest BCUT2D eigenvalue weighted by atomic mass is 16.3. The molecule has 4 aromatic rings. The van der Waals surface area contributed by atoms with Crippen LogP contribution >= 0.6 is 0 Å². The van der Waals surface area contributed by atoms with Crippen LogP contribution in [-0.2, 0) is 0 Å². The minimum atomic E-state index is -0.289. The van der Waals surface area contributed by atoms with Crippen LogP contribution in [0.15, 0.2) is 41.3 Å². The number of phenols is 2. The summed E-state index contributed by atoms with van der Waals surface area (Å²) in [5.41, 5.74) is 0.612. The van der Waals surface area contributed by atoms with Crippen molar-refractivity contribution in [3.63, 3.8) is 0 Å². The van der Waals surface area contributed by atoms with Gasteiger partial charge in [0.25, 0.3) is 0 Å². The lowest BCUT2D eigenvalue weighted by atomic mass is 9.99. The third kappa shape index (κ3) is 1.34. The molecule has 5 nitrogen and oxygen atoms in total. The third-order valence-corrected chi connectivity index (χ3v) is 3.59. The highest BCUT2D eigenvalue weighted by Crippen LogP contribution is 2.38. The molecule has 0 bridgehead atoms. The van der Waals surface area contributed by atoms with Crippen LogP contribution < -0.4 is 5.43 Å². The smallest absolute Gasteiger partial charge is 0.182 e. The molecule has 5 heteroatoms. The van der Waals surface area contributed by atoms with E-state index in [0.717, 1.165) is 27.7 Å². The van der Waals surface area contributed by atoms with Crippen LogP contribution in [0.3, 0.4) is 0 Å². The molecule has 98 valence electrons. The van der Waals surface area contributed by atoms with Crippen LogP contribution in [0.1, 0.15) is 0 Å². The molecule has 0 aliphatic carbocycles. The highest BCUT2D eigenvalue weighted by molar-refractivity contribution is 6.15. The van der Waals surface area contributed by atoms with Crippen molar-refractivity contribution in [2.75, 3.05) is 0 Å². The largest absolute Gasteiger partial charge is 0.507 e. The van der Waals surface area contributed by atoms with E-state index in [0.29, 0.717) is 10.8 Å². The van der Waals surface area contributed by atoms with Gasteiger partial charge in [0.1, 0.15) is 11.5 Å². The van der Waals surface area contributed by atoms with E-state index in [4.69, 9.17) is 0 Å². The average molecular weight is 266 g/mol. The van der Waals surface area contributed by atoms with Crippen molar-refractivity contribution in [3.05, 3.63) is 46.8 Å². The SMILES string of the molecule is O=c1cc(O)c2c(O)cc3cc4[nH][nH]cc4cc3c2c1. The second kappa shape index (κ2) is 3.54. The Morgan fingerprint density at radius 1 is 0.850 bits per heavy atom. The summed E-state index contributed by atoms with van der Waals surface area (Å²) in [4.78, 5) is 11.6. The van der Waals surface area contributed by atoms with Gasteiger partial charge in [-0.05, 0) is 35.0 Å². The molecule has 0 amide bonds. The van der Waals surface area contributed by atoms with Gasteiger partial charge in [-0.15, -0.1) is 0 Å². The van der Waals surface area contributed by atoms with E-state index in [1.54, 1.807) is 6.07 Å². The standard InChI is InChI=1S/C15H10N2O3/c18-9-4-11-10-1-8-6-16-17-12(8)2-7(10)3-13(19)15(11)14(20)5-9/h1-6,16-17,19-20H. The zero-order valence-corrected chi connectivity index (χ0v) is 10.3. The average Bonchev–Trinajstić information content (AvgIpc) is 2.82. The van der Waals surface area contributed by atoms with Crippen LogP contribution in [-0.4, -0.2) is 20.4 Å². The van der Waals surface area contributed by atoms with Crippen molar-refractivity contribution < 1.29 is 10.2 Å². The Labute approximate surface area is 112 Å². The maximum absolute atomic E-state index is 11.6. The molecule has 20 heavy (non-hydrogen) atoms. The van der Waals surface area contributed by atoms with Crippen LogP contribution in [0.5, 0.6) is 11.5 Å². The molecule has 0 spiro atoms. The first-order chi connectivity index (χ1) is 9.63. The van der Waals surface area contributed by atoms with Gasteiger partial charge in [0.05, 0.1) is 10.9 Å². The zero-order chi connectivity index (χ0) is 13.9. The molecular weight excluding hydrogens is 256 g/mol. The summed E-state index contributed by atoms with van der Waals surface area (Å²) in [5.74, 6) is -0.243. The number of phenolic OH excluding ortho intramolecular Hbond substituents is 2. The lowest BCUT2D eigenvalue weighted by molar-refractivity contribution is 0.464. The van der Waals surface area contributed by atoms with Crippen molar-refractivity contribution in [1.82, 2.24) is 10.2 Å². The van der Waals surface area contributed by atoms with Crippen molar-refractivity contribution in [1.29, 1.82) is 0 Å². The monoisotopic (exact) mass is 266 g/mol. The van der Waals surface area contributed by atoms with Gasteiger partial charge in [0.15, 0.2) is 5.43 Å². The summed E-state index contributed by atoms with van der Waals surface area (Å²) in [7, 11) is 0. The summed E-state index contributed by atoms with van der Waals surface area (Å²) in [5, 5.41) is 29.3. The first kappa shape index (κ1) is 10.9. The zero-order valence-electron chi connectivity index (χ0n) is 10.3. The fraction of sp³-hybridized carbons (Fsp3) is 0. The third-order valence-electron chi connectivity index (χ3n) is 3.59. The molecule has 0 aliphatic rings. The van der Waals surface area contributed by atoms with E-state index < -0.39 is 0 Å². The van der Waals surface area contributed by atoms with Gasteiger partial charge < -0.3 is 20.4 Å². The fourth-order valence-corrected chi connectivity index (χ4v) is 2.71. The van der Waals surface area contributed by atoms with Crippen molar-refractivity contribution in [2.45, 2.75) is 0 Å². The molecule has 0 saturated heterocycles. The van der Waals surface area contributed by atoms with Crippen molar-refractivity contribution >= 4 is 32.4 Å². The molecule has 1 heterocycles. The van der Waals surface area contributed by atoms with E-state index in [-0.39, 0.29) is 16.9 Å². The van der Waals surface area contributed by atoms with Gasteiger partial charge in [0, 0.05) is 23.0 Å². The first-order valence-corrected chi connectivity index (χ1v) is 6.12. The number of hydrogen-bond acceptors (Lipinski definition) is 3. The number of nitrogens with one attached hydrogen (secondary N) is 2. The first-order valence-electron chi connectivity index (χ1n) is 6.12. The topological polar surface area (TPSA) is 89.1 Å². The van der Waals surface area contributed by atoms with Crippen LogP contribution in [0, 0.1) is 0 Å². The number of aromatic amines is 2. The number of aromatic hydroxyl groups is 2. The Balaban J connectivity index is 2.35. The van der Waals surface area contributed by atoms with Crippen molar-refractivity contribution in [2.24, 2.45) is 0 Å². The molecule has 4 rings (SSSR count). The predicted octanol–water partition coefficient (Wildman–Crippen LogP) is 2.57. The maximum atomic E-state index is 11.6. The van der Waals surface area contributed by atoms with E-state index >= 15 is 0 Å². The summed E-state index contributed by atoms with van der Waals surface area (Å²) in [6, 6.07) is 7.92. The van der Waals surface area contributed by atoms with Crippen LogP contribution in [0.25, 0.3) is 32.4 Å². The molecule has 4 N–H and O–H groups in total. The molecule has 0 unspecified atom stereocenters. The second-order valence-corrected chi connectivity index (χ2v) is 4.83. The van der Waals surface area contributed by atoms with Gasteiger partial charge in [0.2, 0.25) is 0 Å². The molecule has 0 aliphatic heterocycles. The molecule has 3 aromatic carbocycles. The Morgan fingerprint density at radius 3 is 2.50 bits per heavy atom. The molecule has 0 fully saturated rings. The molecule has 0 atom stereocenters. The number of fused-ring (bicyclic) bond motifs is 4. The van der Waals surface area contributed by atoms with Gasteiger partial charge in [-0.1, -0.05) is 0 Å². The normalized spacial score (nSPS) is 11.6. The number of aromatic nitrogens is 2. The van der Waals surface area contributed by atoms with Crippen LogP contribution in [0.4, 0.5) is 0 Å². The van der Waals surface area contributed by atoms with E-state index in [9.17, 15) is 15.0 Å². The number of rotatable bonds is 0. The lowest BCUT2D eigenvalue weighted by Crippen LogP contribution is -1.96. The van der Waals surface area contributed by atoms with E-state index in [1.807, 2.05) is 18.3 Å². The minimum Gasteiger partial charge on any atom is -0.507 e. The number of H-pyrrole nitrogens is 2. The van der Waals surface area contributed by atoms with E-state index in [2.05, 4.69) is 10.2 Å². The Kier molecular flexibility index (Phi) is 1.93. The molecule has 0 radical (unpaired) electrons. The van der Waals surface area contributed by atoms with Crippen LogP contribution in [0.2, 0.25) is 0 Å². The van der Waals surface area contributed by atoms with Crippen molar-refractivity contribution in [3.8, 4) is 11.5 Å². The minimum absolute atomic E-state index is 0.0418. The number of hydrogen-bond donors (Lipinski definition) is 4. The van der Waals surface area contributed by atoms with Gasteiger partial charge in [-0.2, -0.15) is 0 Å². The Hall–Kier alpha value is -2.95. The number of benzene rings is 3. The summed E-state index contributed by atoms with van der Waals surface area (Å²) >= 11 is 0. The molecule has 1 aromatic heterocycles. The molecular formula is C15H10N2O3. The second-order valence-electron chi connectivity index (χ2n) is 4.83. The van der Waals surface area contributed by atoms with Gasteiger partial charge in [-0.3, -0.25) is 4.79 Å². The maximum Gasteiger partial charge on any atom is 0.182 e. The van der Waals surface area contributed by atoms with Gasteiger partial charge in [-0.25, -0.2) is 0 Å². The quantitative estimate of drug-likeness (QED) is 0.369. The summed E-state index contributed by atoms with van der Waals surface area (Å²) in [6.07, 6.45) is 1.81. The fourth-order valence-electron chi connectivity index (χ4n) is 2.71. The van der Waals surface area contributed by atoms with E-state index in [1.165, 1.54) is 6.07 Å². The highest BCUT2D eigenvalue weighted by Gasteiger charge is 2.12. The molecule has 0 saturated carbocycles.